The first kappa shape index (κ1) is 24.0. The third kappa shape index (κ3) is 5.51. The van der Waals surface area contributed by atoms with Crippen molar-refractivity contribution in [1.82, 2.24) is 15.2 Å². The first-order valence-corrected chi connectivity index (χ1v) is 11.8. The second kappa shape index (κ2) is 10.9. The highest BCUT2D eigenvalue weighted by Gasteiger charge is 2.20. The average Bonchev–Trinajstić information content (AvgIpc) is 3.22. The van der Waals surface area contributed by atoms with Crippen molar-refractivity contribution in [2.24, 2.45) is 0 Å². The molecule has 35 heavy (non-hydrogen) atoms. The Hall–Kier alpha value is -4.13. The number of nitrogens with one attached hydrogen (secondary N) is 2. The number of benzene rings is 3. The van der Waals surface area contributed by atoms with E-state index in [4.69, 9.17) is 0 Å². The van der Waals surface area contributed by atoms with Crippen LogP contribution in [0, 0.1) is 0 Å². The molecule has 3 aromatic carbocycles. The van der Waals surface area contributed by atoms with Crippen molar-refractivity contribution >= 4 is 39.5 Å². The van der Waals surface area contributed by atoms with E-state index >= 15 is 0 Å². The highest BCUT2D eigenvalue weighted by molar-refractivity contribution is 6.00. The Morgan fingerprint density at radius 1 is 0.943 bits per heavy atom. The first-order valence-electron chi connectivity index (χ1n) is 11.8. The zero-order valence-corrected chi connectivity index (χ0v) is 19.7. The van der Waals surface area contributed by atoms with E-state index in [0.717, 1.165) is 41.0 Å². The van der Waals surface area contributed by atoms with Crippen LogP contribution in [0.5, 0.6) is 0 Å². The molecular weight excluding hydrogens is 442 g/mol. The number of carboxylic acid groups (broad SMARTS) is 1. The number of carbonyl (C=O) groups excluding carboxylic acids is 2. The molecule has 0 aliphatic rings. The van der Waals surface area contributed by atoms with Gasteiger partial charge in [-0.15, -0.1) is 0 Å². The van der Waals surface area contributed by atoms with Crippen molar-refractivity contribution in [3.8, 4) is 0 Å². The minimum absolute atomic E-state index is 0.177. The lowest BCUT2D eigenvalue weighted by atomic mass is 9.95. The summed E-state index contributed by atoms with van der Waals surface area (Å²) in [5.41, 5.74) is 1.91. The molecule has 0 aliphatic heterocycles. The molecule has 0 bridgehead atoms. The molecule has 0 radical (unpaired) electrons. The predicted octanol–water partition coefficient (Wildman–Crippen LogP) is 4.66. The van der Waals surface area contributed by atoms with Crippen molar-refractivity contribution in [2.45, 2.75) is 38.8 Å². The minimum Gasteiger partial charge on any atom is -0.480 e. The fourth-order valence-electron chi connectivity index (χ4n) is 4.47. The van der Waals surface area contributed by atoms with Gasteiger partial charge in [-0.05, 0) is 34.9 Å². The van der Waals surface area contributed by atoms with Gasteiger partial charge in [-0.1, -0.05) is 80.4 Å². The Morgan fingerprint density at radius 3 is 2.43 bits per heavy atom. The van der Waals surface area contributed by atoms with E-state index in [1.807, 2.05) is 48.5 Å². The van der Waals surface area contributed by atoms with Gasteiger partial charge in [-0.2, -0.15) is 0 Å². The third-order valence-electron chi connectivity index (χ3n) is 6.13. The SMILES string of the molecule is CCCCC(NC(=O)CNC(=O)c1cc2ccccc2n1CC(=O)O)c1cccc2ccccc12. The Bertz CT molecular complexity index is 1370. The molecule has 1 unspecified atom stereocenters. The van der Waals surface area contributed by atoms with Gasteiger partial charge in [0.2, 0.25) is 5.91 Å². The summed E-state index contributed by atoms with van der Waals surface area (Å²) in [5, 5.41) is 18.0. The summed E-state index contributed by atoms with van der Waals surface area (Å²) in [4.78, 5) is 37.2. The smallest absolute Gasteiger partial charge is 0.323 e. The maximum atomic E-state index is 12.9. The molecule has 4 rings (SSSR count). The second-order valence-electron chi connectivity index (χ2n) is 8.58. The molecule has 3 N–H and O–H groups in total. The lowest BCUT2D eigenvalue weighted by Gasteiger charge is -2.21. The van der Waals surface area contributed by atoms with Gasteiger partial charge in [0.15, 0.2) is 0 Å². The summed E-state index contributed by atoms with van der Waals surface area (Å²) < 4.78 is 1.45. The van der Waals surface area contributed by atoms with Crippen molar-refractivity contribution in [1.29, 1.82) is 0 Å². The number of aliphatic carboxylic acids is 1. The molecule has 180 valence electrons. The molecule has 7 heteroatoms. The third-order valence-corrected chi connectivity index (χ3v) is 6.13. The van der Waals surface area contributed by atoms with Gasteiger partial charge in [0.05, 0.1) is 12.6 Å². The van der Waals surface area contributed by atoms with Crippen molar-refractivity contribution in [3.05, 3.63) is 84.1 Å². The Morgan fingerprint density at radius 2 is 1.66 bits per heavy atom. The van der Waals surface area contributed by atoms with Crippen LogP contribution in [0.4, 0.5) is 0 Å². The molecule has 1 atom stereocenters. The highest BCUT2D eigenvalue weighted by atomic mass is 16.4. The number of rotatable bonds is 10. The fraction of sp³-hybridized carbons (Fsp3) is 0.250. The van der Waals surface area contributed by atoms with E-state index < -0.39 is 11.9 Å². The van der Waals surface area contributed by atoms with Crippen LogP contribution in [0.3, 0.4) is 0 Å². The maximum absolute atomic E-state index is 12.9. The number of carboxylic acids is 1. The lowest BCUT2D eigenvalue weighted by Crippen LogP contribution is -2.39. The zero-order valence-electron chi connectivity index (χ0n) is 19.7. The van der Waals surface area contributed by atoms with Crippen LogP contribution < -0.4 is 10.6 Å². The average molecular weight is 472 g/mol. The molecule has 0 saturated carbocycles. The largest absolute Gasteiger partial charge is 0.480 e. The normalized spacial score (nSPS) is 11.9. The van der Waals surface area contributed by atoms with E-state index in [1.165, 1.54) is 4.57 Å². The van der Waals surface area contributed by atoms with E-state index in [0.29, 0.717) is 5.52 Å². The van der Waals surface area contributed by atoms with Gasteiger partial charge >= 0.3 is 5.97 Å². The summed E-state index contributed by atoms with van der Waals surface area (Å²) in [5.74, 6) is -1.84. The standard InChI is InChI=1S/C28H29N3O4/c1-2-3-14-23(22-13-8-11-19-9-4-6-12-21(19)22)30-26(32)17-29-28(35)25-16-20-10-5-7-15-24(20)31(25)18-27(33)34/h4-13,15-16,23H,2-3,14,17-18H2,1H3,(H,29,35)(H,30,32)(H,33,34). The van der Waals surface area contributed by atoms with Crippen LogP contribution in [0.2, 0.25) is 0 Å². The molecule has 1 aromatic heterocycles. The molecule has 0 aliphatic carbocycles. The molecule has 0 spiro atoms. The molecule has 1 heterocycles. The molecule has 2 amide bonds. The molecular formula is C28H29N3O4. The Balaban J connectivity index is 1.49. The number of nitrogens with zero attached hydrogens (tertiary/aromatic N) is 1. The zero-order chi connectivity index (χ0) is 24.8. The second-order valence-corrected chi connectivity index (χ2v) is 8.58. The fourth-order valence-corrected chi connectivity index (χ4v) is 4.47. The van der Waals surface area contributed by atoms with Crippen LogP contribution in [-0.4, -0.2) is 34.0 Å². The predicted molar refractivity (Wildman–Crippen MR) is 136 cm³/mol. The van der Waals surface area contributed by atoms with Crippen LogP contribution in [0.1, 0.15) is 48.3 Å². The van der Waals surface area contributed by atoms with Crippen LogP contribution in [0.25, 0.3) is 21.7 Å². The molecule has 0 saturated heterocycles. The van der Waals surface area contributed by atoms with Crippen LogP contribution in [-0.2, 0) is 16.1 Å². The number of para-hydroxylation sites is 1. The van der Waals surface area contributed by atoms with E-state index in [-0.39, 0.29) is 30.7 Å². The molecule has 7 nitrogen and oxygen atoms in total. The Kier molecular flexibility index (Phi) is 7.45. The number of aromatic nitrogens is 1. The topological polar surface area (TPSA) is 100 Å². The number of unbranched alkanes of at least 4 members (excludes halogenated alkanes) is 1. The van der Waals surface area contributed by atoms with Gasteiger partial charge in [0, 0.05) is 10.9 Å². The van der Waals surface area contributed by atoms with Gasteiger partial charge in [-0.25, -0.2) is 0 Å². The number of hydrogen-bond acceptors (Lipinski definition) is 3. The molecule has 4 aromatic rings. The van der Waals surface area contributed by atoms with E-state index in [2.05, 4.69) is 23.6 Å². The minimum atomic E-state index is -1.05. The van der Waals surface area contributed by atoms with Gasteiger partial charge in [-0.3, -0.25) is 14.4 Å². The van der Waals surface area contributed by atoms with Crippen molar-refractivity contribution in [2.75, 3.05) is 6.54 Å². The summed E-state index contributed by atoms with van der Waals surface area (Å²) in [7, 11) is 0. The Labute approximate surface area is 203 Å². The summed E-state index contributed by atoms with van der Waals surface area (Å²) in [6.07, 6.45) is 2.74. The highest BCUT2D eigenvalue weighted by Crippen LogP contribution is 2.27. The summed E-state index contributed by atoms with van der Waals surface area (Å²) in [6, 6.07) is 22.8. The van der Waals surface area contributed by atoms with Gasteiger partial charge in [0.25, 0.3) is 5.91 Å². The van der Waals surface area contributed by atoms with Gasteiger partial charge in [0.1, 0.15) is 12.2 Å². The number of fused-ring (bicyclic) bond motifs is 2. The number of amides is 2. The number of hydrogen-bond donors (Lipinski definition) is 3. The maximum Gasteiger partial charge on any atom is 0.323 e. The van der Waals surface area contributed by atoms with Gasteiger partial charge < -0.3 is 20.3 Å². The van der Waals surface area contributed by atoms with Crippen molar-refractivity contribution in [3.63, 3.8) is 0 Å². The monoisotopic (exact) mass is 471 g/mol. The quantitative estimate of drug-likeness (QED) is 0.313. The summed E-state index contributed by atoms with van der Waals surface area (Å²) >= 11 is 0. The lowest BCUT2D eigenvalue weighted by molar-refractivity contribution is -0.137. The van der Waals surface area contributed by atoms with E-state index in [1.54, 1.807) is 18.2 Å². The first-order chi connectivity index (χ1) is 17.0. The summed E-state index contributed by atoms with van der Waals surface area (Å²) in [6.45, 7) is 1.56. The van der Waals surface area contributed by atoms with E-state index in [9.17, 15) is 19.5 Å². The van der Waals surface area contributed by atoms with Crippen molar-refractivity contribution < 1.29 is 19.5 Å². The number of carbonyl (C=O) groups is 3. The van der Waals surface area contributed by atoms with Crippen LogP contribution >= 0.6 is 0 Å². The van der Waals surface area contributed by atoms with Crippen LogP contribution in [0.15, 0.2) is 72.8 Å². The molecule has 0 fully saturated rings.